The molecule has 0 aliphatic carbocycles. The lowest BCUT2D eigenvalue weighted by molar-refractivity contribution is -0.184. The van der Waals surface area contributed by atoms with E-state index in [-0.39, 0.29) is 12.6 Å². The minimum Gasteiger partial charge on any atom is -0.497 e. The summed E-state index contributed by atoms with van der Waals surface area (Å²) in [6.45, 7) is 6.80. The molecule has 36 heavy (non-hydrogen) atoms. The van der Waals surface area contributed by atoms with E-state index in [0.29, 0.717) is 43.8 Å². The molecule has 196 valence electrons. The highest BCUT2D eigenvalue weighted by Gasteiger charge is 2.30. The van der Waals surface area contributed by atoms with Crippen LogP contribution >= 0.6 is 0 Å². The number of aliphatic hydroxyl groups excluding tert-OH is 2. The van der Waals surface area contributed by atoms with Crippen molar-refractivity contribution >= 4 is 11.7 Å². The summed E-state index contributed by atoms with van der Waals surface area (Å²) in [6.07, 6.45) is 3.34. The molecular formula is C28H38N2O6. The van der Waals surface area contributed by atoms with Crippen LogP contribution in [0.1, 0.15) is 37.8 Å². The minimum absolute atomic E-state index is 0.129. The molecule has 3 atom stereocenters. The summed E-state index contributed by atoms with van der Waals surface area (Å²) >= 11 is 0. The number of hydrogen-bond donors (Lipinski definition) is 2. The highest BCUT2D eigenvalue weighted by molar-refractivity contribution is 5.95. The number of nitrogens with zero attached hydrogens (tertiary/aromatic N) is 2. The van der Waals surface area contributed by atoms with E-state index < -0.39 is 18.5 Å². The first-order valence-electron chi connectivity index (χ1n) is 12.5. The van der Waals surface area contributed by atoms with Crippen molar-refractivity contribution in [3.63, 3.8) is 0 Å². The number of hydrogen-bond acceptors (Lipinski definition) is 6. The van der Waals surface area contributed by atoms with Crippen LogP contribution in [0.25, 0.3) is 0 Å². The monoisotopic (exact) mass is 498 g/mol. The van der Waals surface area contributed by atoms with E-state index in [1.807, 2.05) is 69.3 Å². The van der Waals surface area contributed by atoms with E-state index in [0.717, 1.165) is 16.9 Å². The molecule has 0 spiro atoms. The van der Waals surface area contributed by atoms with Gasteiger partial charge in [0.2, 0.25) is 6.29 Å². The lowest BCUT2D eigenvalue weighted by Crippen LogP contribution is -2.41. The van der Waals surface area contributed by atoms with Crippen molar-refractivity contribution in [3.05, 3.63) is 65.9 Å². The van der Waals surface area contributed by atoms with Gasteiger partial charge in [0.05, 0.1) is 31.6 Å². The number of methoxy groups -OCH3 is 1. The molecule has 1 fully saturated rings. The van der Waals surface area contributed by atoms with Gasteiger partial charge in [-0.3, -0.25) is 4.90 Å². The minimum atomic E-state index is -0.683. The Morgan fingerprint density at radius 3 is 2.50 bits per heavy atom. The molecule has 1 aliphatic rings. The Labute approximate surface area is 213 Å². The summed E-state index contributed by atoms with van der Waals surface area (Å²) in [5, 5.41) is 19.6. The Morgan fingerprint density at radius 2 is 1.86 bits per heavy atom. The van der Waals surface area contributed by atoms with Gasteiger partial charge in [-0.15, -0.1) is 0 Å². The van der Waals surface area contributed by atoms with Gasteiger partial charge in [0.1, 0.15) is 11.5 Å². The predicted octanol–water partition coefficient (Wildman–Crippen LogP) is 4.27. The molecule has 8 heteroatoms. The van der Waals surface area contributed by atoms with Crippen LogP contribution < -0.4 is 14.4 Å². The van der Waals surface area contributed by atoms with Gasteiger partial charge in [0, 0.05) is 37.7 Å². The quantitative estimate of drug-likeness (QED) is 0.509. The van der Waals surface area contributed by atoms with E-state index >= 15 is 0 Å². The molecule has 2 aromatic carbocycles. The second-order valence-electron chi connectivity index (χ2n) is 8.78. The van der Waals surface area contributed by atoms with E-state index in [2.05, 4.69) is 0 Å². The molecule has 0 aromatic heterocycles. The van der Waals surface area contributed by atoms with Gasteiger partial charge in [-0.1, -0.05) is 24.3 Å². The van der Waals surface area contributed by atoms with Crippen molar-refractivity contribution in [1.82, 2.24) is 4.90 Å². The molecule has 1 aliphatic heterocycles. The Morgan fingerprint density at radius 1 is 1.14 bits per heavy atom. The maximum atomic E-state index is 13.5. The number of carbonyl (C=O) groups excluding carboxylic acids is 1. The third-order valence-electron chi connectivity index (χ3n) is 6.33. The Hall–Kier alpha value is -3.07. The van der Waals surface area contributed by atoms with E-state index in [9.17, 15) is 15.0 Å². The van der Waals surface area contributed by atoms with Crippen LogP contribution in [-0.4, -0.2) is 66.4 Å². The Bertz CT molecular complexity index is 1010. The summed E-state index contributed by atoms with van der Waals surface area (Å²) < 4.78 is 17.1. The number of carbonyl (C=O) groups is 1. The van der Waals surface area contributed by atoms with Crippen LogP contribution in [0.15, 0.2) is 54.7 Å². The van der Waals surface area contributed by atoms with Crippen LogP contribution in [-0.2, 0) is 11.2 Å². The van der Waals surface area contributed by atoms with Gasteiger partial charge >= 0.3 is 6.03 Å². The standard InChI is InChI=1S/C28H38N2O6/c1-5-29(6-2)28(33)30(16-8-9-21-12-14-23(34-4)15-13-21)25-10-7-11-26(20(25)3)36-27-18-22(32)17-24(19-31)35-27/h7-8,10-16,22,24,27,31-32H,5-6,9,17-19H2,1-4H3/b16-8+/t22?,24?,27-/m0/s1. The van der Waals surface area contributed by atoms with Gasteiger partial charge in [-0.05, 0) is 57.0 Å². The number of urea groups is 1. The summed E-state index contributed by atoms with van der Waals surface area (Å²) in [7, 11) is 1.64. The lowest BCUT2D eigenvalue weighted by atomic mass is 10.1. The average Bonchev–Trinajstić information content (AvgIpc) is 2.89. The number of anilines is 1. The highest BCUT2D eigenvalue weighted by Crippen LogP contribution is 2.32. The van der Waals surface area contributed by atoms with Gasteiger partial charge < -0.3 is 29.3 Å². The fourth-order valence-corrected chi connectivity index (χ4v) is 4.22. The zero-order valence-corrected chi connectivity index (χ0v) is 21.6. The van der Waals surface area contributed by atoms with Gasteiger partial charge in [0.15, 0.2) is 0 Å². The highest BCUT2D eigenvalue weighted by atomic mass is 16.7. The van der Waals surface area contributed by atoms with Gasteiger partial charge in [-0.25, -0.2) is 4.79 Å². The summed E-state index contributed by atoms with van der Waals surface area (Å²) in [5.74, 6) is 1.36. The first kappa shape index (κ1) is 27.5. The van der Waals surface area contributed by atoms with Crippen molar-refractivity contribution in [2.24, 2.45) is 0 Å². The van der Waals surface area contributed by atoms with E-state index in [4.69, 9.17) is 14.2 Å². The van der Waals surface area contributed by atoms with Crippen LogP contribution in [0.2, 0.25) is 0 Å². The third kappa shape index (κ3) is 7.00. The second kappa shape index (κ2) is 13.3. The molecule has 8 nitrogen and oxygen atoms in total. The molecule has 3 rings (SSSR count). The molecule has 0 bridgehead atoms. The molecule has 0 radical (unpaired) electrons. The SMILES string of the molecule is CCN(CC)C(=O)N(/C=C/Cc1ccc(OC)cc1)c1cccc(O[C@H]2CC(O)CC(CO)O2)c1C. The number of amides is 2. The maximum absolute atomic E-state index is 13.5. The predicted molar refractivity (Wildman–Crippen MR) is 139 cm³/mol. The molecular weight excluding hydrogens is 460 g/mol. The van der Waals surface area contributed by atoms with Crippen LogP contribution in [0.4, 0.5) is 10.5 Å². The molecule has 2 aromatic rings. The number of rotatable bonds is 10. The largest absolute Gasteiger partial charge is 0.497 e. The normalized spacial score (nSPS) is 19.8. The van der Waals surface area contributed by atoms with Crippen molar-refractivity contribution in [2.45, 2.75) is 58.5 Å². The number of allylic oxidation sites excluding steroid dienone is 1. The smallest absolute Gasteiger partial charge is 0.328 e. The Balaban J connectivity index is 1.85. The summed E-state index contributed by atoms with van der Waals surface area (Å²) in [5.41, 5.74) is 2.57. The summed E-state index contributed by atoms with van der Waals surface area (Å²) in [4.78, 5) is 16.9. The van der Waals surface area contributed by atoms with Crippen LogP contribution in [0, 0.1) is 6.92 Å². The average molecular weight is 499 g/mol. The molecule has 2 unspecified atom stereocenters. The lowest BCUT2D eigenvalue weighted by Gasteiger charge is -2.33. The van der Waals surface area contributed by atoms with Crippen LogP contribution in [0.3, 0.4) is 0 Å². The number of benzene rings is 2. The van der Waals surface area contributed by atoms with Gasteiger partial charge in [0.25, 0.3) is 0 Å². The third-order valence-corrected chi connectivity index (χ3v) is 6.33. The van der Waals surface area contributed by atoms with Crippen LogP contribution in [0.5, 0.6) is 11.5 Å². The van der Waals surface area contributed by atoms with E-state index in [1.165, 1.54) is 0 Å². The zero-order chi connectivity index (χ0) is 26.1. The topological polar surface area (TPSA) is 91.7 Å². The maximum Gasteiger partial charge on any atom is 0.328 e. The van der Waals surface area contributed by atoms with Crippen molar-refractivity contribution in [3.8, 4) is 11.5 Å². The van der Waals surface area contributed by atoms with Gasteiger partial charge in [-0.2, -0.15) is 0 Å². The number of ether oxygens (including phenoxy) is 3. The molecule has 1 saturated heterocycles. The Kier molecular flexibility index (Phi) is 10.2. The molecule has 0 saturated carbocycles. The van der Waals surface area contributed by atoms with E-state index in [1.54, 1.807) is 23.1 Å². The zero-order valence-electron chi connectivity index (χ0n) is 21.6. The van der Waals surface area contributed by atoms with Crippen molar-refractivity contribution < 1.29 is 29.2 Å². The molecule has 2 N–H and O–H groups in total. The molecule has 1 heterocycles. The number of aliphatic hydroxyl groups is 2. The second-order valence-corrected chi connectivity index (χ2v) is 8.78. The fourth-order valence-electron chi connectivity index (χ4n) is 4.22. The molecule has 2 amide bonds. The first-order valence-corrected chi connectivity index (χ1v) is 12.5. The summed E-state index contributed by atoms with van der Waals surface area (Å²) in [6, 6.07) is 13.2. The van der Waals surface area contributed by atoms with Crippen molar-refractivity contribution in [1.29, 1.82) is 0 Å². The first-order chi connectivity index (χ1) is 17.4. The van der Waals surface area contributed by atoms with Crippen molar-refractivity contribution in [2.75, 3.05) is 31.7 Å². The fraction of sp³-hybridized carbons (Fsp3) is 0.464.